The molecular formula is C14H18BrClN2O. The molecule has 19 heavy (non-hydrogen) atoms. The molecule has 2 aromatic rings. The van der Waals surface area contributed by atoms with Crippen molar-refractivity contribution in [2.75, 3.05) is 12.5 Å². The van der Waals surface area contributed by atoms with E-state index in [2.05, 4.69) is 38.5 Å². The Kier molecular flexibility index (Phi) is 5.25. The molecule has 1 heterocycles. The van der Waals surface area contributed by atoms with Crippen molar-refractivity contribution in [3.8, 4) is 0 Å². The Morgan fingerprint density at radius 1 is 1.47 bits per heavy atom. The number of rotatable bonds is 6. The highest BCUT2D eigenvalue weighted by Gasteiger charge is 2.13. The first-order valence-corrected chi connectivity index (χ1v) is 7.80. The first-order chi connectivity index (χ1) is 9.15. The van der Waals surface area contributed by atoms with Gasteiger partial charge in [0.15, 0.2) is 0 Å². The van der Waals surface area contributed by atoms with Crippen LogP contribution in [0.15, 0.2) is 22.7 Å². The molecule has 5 heteroatoms. The number of nitrogens with zero attached hydrogens (tertiary/aromatic N) is 2. The van der Waals surface area contributed by atoms with Crippen molar-refractivity contribution >= 4 is 38.6 Å². The van der Waals surface area contributed by atoms with Gasteiger partial charge in [-0.15, -0.1) is 11.6 Å². The number of halogens is 2. The molecule has 0 saturated heterocycles. The summed E-state index contributed by atoms with van der Waals surface area (Å²) < 4.78 is 8.88. The SMILES string of the molecule is CCOC(C)Cn1c(CCCl)nc2cc(Br)ccc21. The highest BCUT2D eigenvalue weighted by Crippen LogP contribution is 2.22. The van der Waals surface area contributed by atoms with E-state index in [0.717, 1.165) is 40.9 Å². The van der Waals surface area contributed by atoms with Gasteiger partial charge in [0.2, 0.25) is 0 Å². The van der Waals surface area contributed by atoms with E-state index in [0.29, 0.717) is 5.88 Å². The maximum atomic E-state index is 5.87. The largest absolute Gasteiger partial charge is 0.377 e. The lowest BCUT2D eigenvalue weighted by atomic mass is 10.3. The monoisotopic (exact) mass is 344 g/mol. The third-order valence-electron chi connectivity index (χ3n) is 3.00. The van der Waals surface area contributed by atoms with Crippen molar-refractivity contribution in [3.63, 3.8) is 0 Å². The van der Waals surface area contributed by atoms with Crippen LogP contribution in [0.1, 0.15) is 19.7 Å². The van der Waals surface area contributed by atoms with Gasteiger partial charge in [-0.2, -0.15) is 0 Å². The predicted molar refractivity (Wildman–Crippen MR) is 82.9 cm³/mol. The van der Waals surface area contributed by atoms with E-state index in [4.69, 9.17) is 16.3 Å². The topological polar surface area (TPSA) is 27.1 Å². The Bertz CT molecular complexity index is 556. The summed E-state index contributed by atoms with van der Waals surface area (Å²) in [6, 6.07) is 6.16. The molecule has 104 valence electrons. The molecule has 0 N–H and O–H groups in total. The Labute approximate surface area is 127 Å². The van der Waals surface area contributed by atoms with Crippen molar-refractivity contribution in [1.29, 1.82) is 0 Å². The third kappa shape index (κ3) is 3.50. The maximum absolute atomic E-state index is 5.87. The maximum Gasteiger partial charge on any atom is 0.111 e. The lowest BCUT2D eigenvalue weighted by Gasteiger charge is -2.15. The standard InChI is InChI=1S/C14H18BrClN2O/c1-3-19-10(2)9-18-13-5-4-11(15)8-12(13)17-14(18)6-7-16/h4-5,8,10H,3,6-7,9H2,1-2H3. The molecule has 0 aliphatic carbocycles. The number of fused-ring (bicyclic) bond motifs is 1. The zero-order valence-electron chi connectivity index (χ0n) is 11.2. The summed E-state index contributed by atoms with van der Waals surface area (Å²) in [6.45, 7) is 5.63. The van der Waals surface area contributed by atoms with Crippen molar-refractivity contribution in [1.82, 2.24) is 9.55 Å². The van der Waals surface area contributed by atoms with Crippen molar-refractivity contribution in [2.24, 2.45) is 0 Å². The first kappa shape index (κ1) is 14.8. The Hall–Kier alpha value is -0.580. The normalized spacial score (nSPS) is 13.1. The minimum absolute atomic E-state index is 0.167. The highest BCUT2D eigenvalue weighted by atomic mass is 79.9. The fraction of sp³-hybridized carbons (Fsp3) is 0.500. The van der Waals surface area contributed by atoms with E-state index in [9.17, 15) is 0 Å². The van der Waals surface area contributed by atoms with E-state index >= 15 is 0 Å². The molecule has 0 spiro atoms. The second kappa shape index (κ2) is 6.73. The summed E-state index contributed by atoms with van der Waals surface area (Å²) in [5, 5.41) is 0. The Morgan fingerprint density at radius 2 is 2.26 bits per heavy atom. The lowest BCUT2D eigenvalue weighted by Crippen LogP contribution is -2.18. The number of benzene rings is 1. The van der Waals surface area contributed by atoms with Gasteiger partial charge in [0.05, 0.1) is 23.7 Å². The molecule has 3 nitrogen and oxygen atoms in total. The van der Waals surface area contributed by atoms with Crippen LogP contribution >= 0.6 is 27.5 Å². The minimum Gasteiger partial charge on any atom is -0.377 e. The van der Waals surface area contributed by atoms with Gasteiger partial charge in [-0.25, -0.2) is 4.98 Å². The highest BCUT2D eigenvalue weighted by molar-refractivity contribution is 9.10. The number of hydrogen-bond acceptors (Lipinski definition) is 2. The fourth-order valence-corrected chi connectivity index (χ4v) is 2.74. The molecule has 1 aromatic heterocycles. The van der Waals surface area contributed by atoms with Crippen LogP contribution in [0.3, 0.4) is 0 Å². The van der Waals surface area contributed by atoms with Crippen molar-refractivity contribution in [3.05, 3.63) is 28.5 Å². The third-order valence-corrected chi connectivity index (χ3v) is 3.68. The minimum atomic E-state index is 0.167. The fourth-order valence-electron chi connectivity index (χ4n) is 2.23. The molecule has 0 saturated carbocycles. The summed E-state index contributed by atoms with van der Waals surface area (Å²) in [5.74, 6) is 1.60. The Morgan fingerprint density at radius 3 is 2.95 bits per heavy atom. The van der Waals surface area contributed by atoms with Gasteiger partial charge in [-0.05, 0) is 32.0 Å². The van der Waals surface area contributed by atoms with Crippen molar-refractivity contribution in [2.45, 2.75) is 32.9 Å². The average Bonchev–Trinajstić information content (AvgIpc) is 2.67. The zero-order valence-corrected chi connectivity index (χ0v) is 13.5. The lowest BCUT2D eigenvalue weighted by molar-refractivity contribution is 0.0643. The molecule has 1 atom stereocenters. The first-order valence-electron chi connectivity index (χ1n) is 6.48. The van der Waals surface area contributed by atoms with Crippen LogP contribution in [0.2, 0.25) is 0 Å². The summed E-state index contributed by atoms with van der Waals surface area (Å²) in [7, 11) is 0. The summed E-state index contributed by atoms with van der Waals surface area (Å²) >= 11 is 9.35. The number of ether oxygens (including phenoxy) is 1. The van der Waals surface area contributed by atoms with E-state index < -0.39 is 0 Å². The van der Waals surface area contributed by atoms with E-state index in [1.54, 1.807) is 0 Å². The molecule has 0 aliphatic rings. The molecule has 2 rings (SSSR count). The van der Waals surface area contributed by atoms with Crippen LogP contribution < -0.4 is 0 Å². The van der Waals surface area contributed by atoms with Crippen LogP contribution in [0.5, 0.6) is 0 Å². The van der Waals surface area contributed by atoms with Gasteiger partial charge in [0.1, 0.15) is 5.82 Å². The van der Waals surface area contributed by atoms with Gasteiger partial charge < -0.3 is 9.30 Å². The second-order valence-electron chi connectivity index (χ2n) is 4.48. The molecule has 0 aliphatic heterocycles. The van der Waals surface area contributed by atoms with E-state index in [1.165, 1.54) is 0 Å². The van der Waals surface area contributed by atoms with Gasteiger partial charge in [0.25, 0.3) is 0 Å². The second-order valence-corrected chi connectivity index (χ2v) is 5.77. The summed E-state index contributed by atoms with van der Waals surface area (Å²) in [5.41, 5.74) is 2.13. The number of aryl methyl sites for hydroxylation is 1. The smallest absolute Gasteiger partial charge is 0.111 e. The van der Waals surface area contributed by atoms with Crippen LogP contribution in [0.25, 0.3) is 11.0 Å². The van der Waals surface area contributed by atoms with Gasteiger partial charge >= 0.3 is 0 Å². The van der Waals surface area contributed by atoms with Gasteiger partial charge in [-0.3, -0.25) is 0 Å². The zero-order chi connectivity index (χ0) is 13.8. The molecule has 0 amide bonds. The number of hydrogen-bond donors (Lipinski definition) is 0. The Balaban J connectivity index is 2.39. The van der Waals surface area contributed by atoms with Crippen LogP contribution in [0, 0.1) is 0 Å². The summed E-state index contributed by atoms with van der Waals surface area (Å²) in [4.78, 5) is 4.67. The van der Waals surface area contributed by atoms with Gasteiger partial charge in [0, 0.05) is 23.4 Å². The van der Waals surface area contributed by atoms with Crippen LogP contribution in [0.4, 0.5) is 0 Å². The molecular weight excluding hydrogens is 328 g/mol. The molecule has 0 radical (unpaired) electrons. The number of imidazole rings is 1. The summed E-state index contributed by atoms with van der Waals surface area (Å²) in [6.07, 6.45) is 0.937. The number of alkyl halides is 1. The quantitative estimate of drug-likeness (QED) is 0.740. The molecule has 1 unspecified atom stereocenters. The predicted octanol–water partition coefficient (Wildman–Crippen LogP) is 4.01. The molecule has 0 fully saturated rings. The van der Waals surface area contributed by atoms with Crippen molar-refractivity contribution < 1.29 is 4.74 Å². The van der Waals surface area contributed by atoms with Crippen LogP contribution in [-0.4, -0.2) is 28.1 Å². The number of aromatic nitrogens is 2. The molecule has 1 aromatic carbocycles. The average molecular weight is 346 g/mol. The van der Waals surface area contributed by atoms with E-state index in [1.807, 2.05) is 19.1 Å². The van der Waals surface area contributed by atoms with Crippen LogP contribution in [-0.2, 0) is 17.7 Å². The molecule has 0 bridgehead atoms. The van der Waals surface area contributed by atoms with E-state index in [-0.39, 0.29) is 6.10 Å². The van der Waals surface area contributed by atoms with Gasteiger partial charge in [-0.1, -0.05) is 15.9 Å².